The Morgan fingerprint density at radius 2 is 1.91 bits per heavy atom. The first kappa shape index (κ1) is 15.0. The molecule has 0 fully saturated rings. The SMILES string of the molecule is N#Cc1ccc(-c2cc(C=O)cc(OCc3ccccc3)c2)s1. The molecule has 0 unspecified atom stereocenters. The number of rotatable bonds is 5. The minimum atomic E-state index is 0.441. The third-order valence-electron chi connectivity index (χ3n) is 3.31. The van der Waals surface area contributed by atoms with Crippen molar-refractivity contribution in [3.05, 3.63) is 76.7 Å². The standard InChI is InChI=1S/C19H13NO2S/c20-11-18-6-7-19(23-18)16-8-15(12-21)9-17(10-16)22-13-14-4-2-1-3-5-14/h1-10,12H,13H2. The van der Waals surface area contributed by atoms with Crippen LogP contribution in [0.2, 0.25) is 0 Å². The van der Waals surface area contributed by atoms with Gasteiger partial charge in [0.2, 0.25) is 0 Å². The van der Waals surface area contributed by atoms with Gasteiger partial charge in [-0.3, -0.25) is 4.79 Å². The van der Waals surface area contributed by atoms with Gasteiger partial charge in [-0.15, -0.1) is 11.3 Å². The van der Waals surface area contributed by atoms with Crippen LogP contribution in [0.5, 0.6) is 5.75 Å². The number of nitriles is 1. The smallest absolute Gasteiger partial charge is 0.150 e. The third kappa shape index (κ3) is 3.65. The Morgan fingerprint density at radius 3 is 2.61 bits per heavy atom. The summed E-state index contributed by atoms with van der Waals surface area (Å²) < 4.78 is 5.81. The van der Waals surface area contributed by atoms with Gasteiger partial charge in [0.05, 0.1) is 0 Å². The lowest BCUT2D eigenvalue weighted by Crippen LogP contribution is -1.96. The molecule has 1 heterocycles. The van der Waals surface area contributed by atoms with E-state index < -0.39 is 0 Å². The number of thiophene rings is 1. The van der Waals surface area contributed by atoms with Crippen LogP contribution in [-0.4, -0.2) is 6.29 Å². The topological polar surface area (TPSA) is 50.1 Å². The fourth-order valence-corrected chi connectivity index (χ4v) is 3.00. The minimum absolute atomic E-state index is 0.441. The van der Waals surface area contributed by atoms with Crippen molar-refractivity contribution in [3.8, 4) is 22.3 Å². The first-order chi connectivity index (χ1) is 11.3. The number of nitrogens with zero attached hydrogens (tertiary/aromatic N) is 1. The molecule has 0 amide bonds. The van der Waals surface area contributed by atoms with E-state index >= 15 is 0 Å². The molecule has 1 aromatic heterocycles. The maximum atomic E-state index is 11.2. The second-order valence-electron chi connectivity index (χ2n) is 4.96. The Morgan fingerprint density at radius 1 is 1.09 bits per heavy atom. The van der Waals surface area contributed by atoms with Crippen LogP contribution in [0.4, 0.5) is 0 Å². The van der Waals surface area contributed by atoms with Crippen molar-refractivity contribution in [1.82, 2.24) is 0 Å². The molecule has 112 valence electrons. The average molecular weight is 319 g/mol. The summed E-state index contributed by atoms with van der Waals surface area (Å²) in [6.07, 6.45) is 0.803. The summed E-state index contributed by atoms with van der Waals surface area (Å²) in [6.45, 7) is 0.441. The Hall–Kier alpha value is -2.90. The van der Waals surface area contributed by atoms with Crippen LogP contribution >= 0.6 is 11.3 Å². The van der Waals surface area contributed by atoms with Crippen LogP contribution < -0.4 is 4.74 Å². The van der Waals surface area contributed by atoms with E-state index in [-0.39, 0.29) is 0 Å². The summed E-state index contributed by atoms with van der Waals surface area (Å²) in [5.41, 5.74) is 2.50. The van der Waals surface area contributed by atoms with E-state index in [0.717, 1.165) is 22.3 Å². The van der Waals surface area contributed by atoms with Gasteiger partial charge in [-0.2, -0.15) is 5.26 Å². The molecule has 0 atom stereocenters. The first-order valence-corrected chi connectivity index (χ1v) is 7.87. The van der Waals surface area contributed by atoms with Gasteiger partial charge in [0, 0.05) is 10.4 Å². The Labute approximate surface area is 138 Å². The summed E-state index contributed by atoms with van der Waals surface area (Å²) in [7, 11) is 0. The predicted octanol–water partition coefficient (Wildman–Crippen LogP) is 4.68. The van der Waals surface area contributed by atoms with Crippen molar-refractivity contribution in [2.24, 2.45) is 0 Å². The molecule has 0 aliphatic carbocycles. The van der Waals surface area contributed by atoms with Crippen LogP contribution in [0, 0.1) is 11.3 Å². The normalized spacial score (nSPS) is 10.0. The summed E-state index contributed by atoms with van der Waals surface area (Å²) in [4.78, 5) is 12.8. The van der Waals surface area contributed by atoms with Gasteiger partial charge in [0.15, 0.2) is 0 Å². The first-order valence-electron chi connectivity index (χ1n) is 7.06. The number of hydrogen-bond donors (Lipinski definition) is 0. The molecular formula is C19H13NO2S. The van der Waals surface area contributed by atoms with Crippen LogP contribution in [-0.2, 0) is 6.61 Å². The van der Waals surface area contributed by atoms with Gasteiger partial charge in [-0.1, -0.05) is 30.3 Å². The van der Waals surface area contributed by atoms with E-state index in [1.54, 1.807) is 18.2 Å². The van der Waals surface area contributed by atoms with Crippen molar-refractivity contribution < 1.29 is 9.53 Å². The Kier molecular flexibility index (Phi) is 4.51. The highest BCUT2D eigenvalue weighted by molar-refractivity contribution is 7.16. The number of ether oxygens (including phenoxy) is 1. The number of benzene rings is 2. The molecule has 0 aliphatic rings. The van der Waals surface area contributed by atoms with Gasteiger partial charge in [-0.25, -0.2) is 0 Å². The molecule has 0 N–H and O–H groups in total. The average Bonchev–Trinajstić information content (AvgIpc) is 3.10. The maximum absolute atomic E-state index is 11.2. The van der Waals surface area contributed by atoms with Gasteiger partial charge < -0.3 is 4.74 Å². The molecular weight excluding hydrogens is 306 g/mol. The van der Waals surface area contributed by atoms with E-state index in [1.165, 1.54) is 11.3 Å². The Balaban J connectivity index is 1.87. The zero-order chi connectivity index (χ0) is 16.1. The lowest BCUT2D eigenvalue weighted by molar-refractivity contribution is 0.112. The second-order valence-corrected chi connectivity index (χ2v) is 6.04. The number of carbonyl (C=O) groups is 1. The fraction of sp³-hybridized carbons (Fsp3) is 0.0526. The molecule has 3 aromatic rings. The second kappa shape index (κ2) is 6.91. The summed E-state index contributed by atoms with van der Waals surface area (Å²) in [5, 5.41) is 8.94. The molecule has 3 nitrogen and oxygen atoms in total. The van der Waals surface area contributed by atoms with E-state index in [2.05, 4.69) is 6.07 Å². The molecule has 0 saturated heterocycles. The zero-order valence-electron chi connectivity index (χ0n) is 12.2. The van der Waals surface area contributed by atoms with E-state index in [1.807, 2.05) is 42.5 Å². The molecule has 0 radical (unpaired) electrons. The van der Waals surface area contributed by atoms with Crippen LogP contribution in [0.3, 0.4) is 0 Å². The van der Waals surface area contributed by atoms with Crippen LogP contribution in [0.1, 0.15) is 20.8 Å². The molecule has 0 spiro atoms. The molecule has 23 heavy (non-hydrogen) atoms. The monoisotopic (exact) mass is 319 g/mol. The van der Waals surface area contributed by atoms with Crippen molar-refractivity contribution in [3.63, 3.8) is 0 Å². The van der Waals surface area contributed by atoms with Gasteiger partial charge in [-0.05, 0) is 41.5 Å². The van der Waals surface area contributed by atoms with Crippen molar-refractivity contribution >= 4 is 17.6 Å². The molecule has 2 aromatic carbocycles. The highest BCUT2D eigenvalue weighted by Crippen LogP contribution is 2.31. The number of hydrogen-bond acceptors (Lipinski definition) is 4. The molecule has 4 heteroatoms. The fourth-order valence-electron chi connectivity index (χ4n) is 2.21. The largest absolute Gasteiger partial charge is 0.489 e. The highest BCUT2D eigenvalue weighted by Gasteiger charge is 2.07. The van der Waals surface area contributed by atoms with Crippen LogP contribution in [0.25, 0.3) is 10.4 Å². The third-order valence-corrected chi connectivity index (χ3v) is 4.35. The van der Waals surface area contributed by atoms with Gasteiger partial charge in [0.1, 0.15) is 29.6 Å². The number of aldehydes is 1. The molecule has 0 bridgehead atoms. The molecule has 0 aliphatic heterocycles. The lowest BCUT2D eigenvalue weighted by Gasteiger charge is -2.09. The predicted molar refractivity (Wildman–Crippen MR) is 90.6 cm³/mol. The lowest BCUT2D eigenvalue weighted by atomic mass is 10.1. The van der Waals surface area contributed by atoms with Crippen molar-refractivity contribution in [2.75, 3.05) is 0 Å². The van der Waals surface area contributed by atoms with Gasteiger partial charge in [0.25, 0.3) is 0 Å². The van der Waals surface area contributed by atoms with E-state index in [0.29, 0.717) is 22.8 Å². The highest BCUT2D eigenvalue weighted by atomic mass is 32.1. The van der Waals surface area contributed by atoms with Crippen molar-refractivity contribution in [1.29, 1.82) is 5.26 Å². The van der Waals surface area contributed by atoms with Crippen molar-refractivity contribution in [2.45, 2.75) is 6.61 Å². The quantitative estimate of drug-likeness (QED) is 0.642. The maximum Gasteiger partial charge on any atom is 0.150 e. The van der Waals surface area contributed by atoms with Gasteiger partial charge >= 0.3 is 0 Å². The van der Waals surface area contributed by atoms with E-state index in [4.69, 9.17) is 10.00 Å². The van der Waals surface area contributed by atoms with E-state index in [9.17, 15) is 4.79 Å². The minimum Gasteiger partial charge on any atom is -0.489 e. The molecule has 3 rings (SSSR count). The van der Waals surface area contributed by atoms with Crippen LogP contribution in [0.15, 0.2) is 60.7 Å². The summed E-state index contributed by atoms with van der Waals surface area (Å²) in [5.74, 6) is 0.639. The molecule has 0 saturated carbocycles. The summed E-state index contributed by atoms with van der Waals surface area (Å²) in [6, 6.07) is 21.1. The Bertz CT molecular complexity index is 863. The number of carbonyl (C=O) groups excluding carboxylic acids is 1. The zero-order valence-corrected chi connectivity index (χ0v) is 13.0. The summed E-state index contributed by atoms with van der Waals surface area (Å²) >= 11 is 1.40.